The normalized spacial score (nSPS) is 9.40. The second kappa shape index (κ2) is 6.25. The highest BCUT2D eigenvalue weighted by Gasteiger charge is 2.01. The first-order valence-electron chi connectivity index (χ1n) is 6.07. The molecule has 0 fully saturated rings. The quantitative estimate of drug-likeness (QED) is 0.747. The van der Waals surface area contributed by atoms with Crippen molar-refractivity contribution in [3.05, 3.63) is 59.7 Å². The number of urea groups is 1. The van der Waals surface area contributed by atoms with Crippen LogP contribution in [0.15, 0.2) is 48.5 Å². The molecule has 0 aliphatic heterocycles. The summed E-state index contributed by atoms with van der Waals surface area (Å²) in [7, 11) is 0. The van der Waals surface area contributed by atoms with Gasteiger partial charge in [0.25, 0.3) is 0 Å². The van der Waals surface area contributed by atoms with Gasteiger partial charge in [0.15, 0.2) is 0 Å². The molecule has 5 heteroatoms. The van der Waals surface area contributed by atoms with E-state index in [1.807, 2.05) is 37.3 Å². The average molecular weight is 266 g/mol. The van der Waals surface area contributed by atoms with E-state index in [4.69, 9.17) is 5.26 Å². The first-order valence-corrected chi connectivity index (χ1v) is 6.07. The van der Waals surface area contributed by atoms with Crippen LogP contribution in [0.1, 0.15) is 11.1 Å². The fourth-order valence-corrected chi connectivity index (χ4v) is 1.68. The van der Waals surface area contributed by atoms with E-state index in [9.17, 15) is 4.79 Å². The van der Waals surface area contributed by atoms with E-state index in [0.29, 0.717) is 11.3 Å². The number of hydrogen-bond donors (Lipinski definition) is 3. The molecular formula is C15H14N4O. The fourth-order valence-electron chi connectivity index (χ4n) is 1.68. The van der Waals surface area contributed by atoms with Crippen LogP contribution in [0.2, 0.25) is 0 Å². The number of nitriles is 1. The summed E-state index contributed by atoms with van der Waals surface area (Å²) in [6.07, 6.45) is 0. The number of hydrogen-bond acceptors (Lipinski definition) is 3. The van der Waals surface area contributed by atoms with Crippen molar-refractivity contribution in [3.63, 3.8) is 0 Å². The molecule has 2 aromatic carbocycles. The van der Waals surface area contributed by atoms with Gasteiger partial charge in [0.05, 0.1) is 17.3 Å². The maximum Gasteiger partial charge on any atom is 0.337 e. The zero-order valence-electron chi connectivity index (χ0n) is 11.0. The molecule has 2 aromatic rings. The van der Waals surface area contributed by atoms with Gasteiger partial charge in [-0.1, -0.05) is 18.2 Å². The zero-order valence-corrected chi connectivity index (χ0v) is 11.0. The van der Waals surface area contributed by atoms with Gasteiger partial charge in [0, 0.05) is 5.69 Å². The molecule has 0 atom stereocenters. The molecule has 0 unspecified atom stereocenters. The third kappa shape index (κ3) is 3.75. The van der Waals surface area contributed by atoms with Crippen molar-refractivity contribution in [2.75, 3.05) is 10.7 Å². The lowest BCUT2D eigenvalue weighted by atomic mass is 10.2. The van der Waals surface area contributed by atoms with E-state index in [1.54, 1.807) is 24.3 Å². The summed E-state index contributed by atoms with van der Waals surface area (Å²) in [4.78, 5) is 11.7. The monoisotopic (exact) mass is 266 g/mol. The van der Waals surface area contributed by atoms with Crippen LogP contribution in [0.5, 0.6) is 0 Å². The molecule has 0 aliphatic rings. The van der Waals surface area contributed by atoms with Gasteiger partial charge in [-0.3, -0.25) is 10.9 Å². The summed E-state index contributed by atoms with van der Waals surface area (Å²) >= 11 is 0. The van der Waals surface area contributed by atoms with Crippen LogP contribution < -0.4 is 16.2 Å². The third-order valence-corrected chi connectivity index (χ3v) is 2.59. The lowest BCUT2D eigenvalue weighted by molar-refractivity contribution is 0.254. The van der Waals surface area contributed by atoms with E-state index in [-0.39, 0.29) is 6.03 Å². The van der Waals surface area contributed by atoms with Gasteiger partial charge in [-0.25, -0.2) is 4.79 Å². The molecular weight excluding hydrogens is 252 g/mol. The van der Waals surface area contributed by atoms with Crippen molar-refractivity contribution in [1.82, 2.24) is 5.43 Å². The van der Waals surface area contributed by atoms with Gasteiger partial charge in [0.2, 0.25) is 0 Å². The van der Waals surface area contributed by atoms with Crippen molar-refractivity contribution in [2.45, 2.75) is 6.92 Å². The first-order chi connectivity index (χ1) is 9.67. The maximum atomic E-state index is 11.7. The van der Waals surface area contributed by atoms with Crippen molar-refractivity contribution >= 4 is 17.4 Å². The SMILES string of the molecule is Cc1cccc(NC(=O)NNc2cccc(C#N)c2)c1. The molecule has 0 aliphatic carbocycles. The Hall–Kier alpha value is -3.00. The number of nitrogens with zero attached hydrogens (tertiary/aromatic N) is 1. The van der Waals surface area contributed by atoms with E-state index < -0.39 is 0 Å². The number of anilines is 2. The van der Waals surface area contributed by atoms with Gasteiger partial charge in [-0.05, 0) is 42.8 Å². The largest absolute Gasteiger partial charge is 0.337 e. The molecule has 2 rings (SSSR count). The number of benzene rings is 2. The minimum absolute atomic E-state index is 0.377. The molecule has 0 saturated carbocycles. The van der Waals surface area contributed by atoms with Gasteiger partial charge in [0.1, 0.15) is 0 Å². The summed E-state index contributed by atoms with van der Waals surface area (Å²) in [6, 6.07) is 16.0. The van der Waals surface area contributed by atoms with Crippen molar-refractivity contribution in [1.29, 1.82) is 5.26 Å². The highest BCUT2D eigenvalue weighted by molar-refractivity contribution is 5.90. The number of hydrazine groups is 1. The van der Waals surface area contributed by atoms with Crippen LogP contribution in [-0.4, -0.2) is 6.03 Å². The molecule has 2 amide bonds. The summed E-state index contributed by atoms with van der Waals surface area (Å²) in [5, 5.41) is 11.5. The summed E-state index contributed by atoms with van der Waals surface area (Å²) in [5.41, 5.74) is 8.20. The van der Waals surface area contributed by atoms with Gasteiger partial charge in [-0.15, -0.1) is 0 Å². The zero-order chi connectivity index (χ0) is 14.4. The van der Waals surface area contributed by atoms with E-state index in [2.05, 4.69) is 16.2 Å². The van der Waals surface area contributed by atoms with Crippen molar-refractivity contribution in [2.24, 2.45) is 0 Å². The lowest BCUT2D eigenvalue weighted by Gasteiger charge is -2.10. The lowest BCUT2D eigenvalue weighted by Crippen LogP contribution is -2.33. The number of nitrogens with one attached hydrogen (secondary N) is 3. The Morgan fingerprint density at radius 1 is 1.10 bits per heavy atom. The topological polar surface area (TPSA) is 77.0 Å². The summed E-state index contributed by atoms with van der Waals surface area (Å²) in [5.74, 6) is 0. The number of aryl methyl sites for hydroxylation is 1. The number of amides is 2. The molecule has 5 nitrogen and oxygen atoms in total. The Morgan fingerprint density at radius 2 is 1.85 bits per heavy atom. The standard InChI is InChI=1S/C15H14N4O/c1-11-4-2-6-13(8-11)17-15(20)19-18-14-7-3-5-12(9-14)10-16/h2-9,18H,1H3,(H2,17,19,20). The molecule has 100 valence electrons. The highest BCUT2D eigenvalue weighted by Crippen LogP contribution is 2.10. The number of carbonyl (C=O) groups is 1. The average Bonchev–Trinajstić information content (AvgIpc) is 2.45. The maximum absolute atomic E-state index is 11.7. The predicted octanol–water partition coefficient (Wildman–Crippen LogP) is 3.02. The van der Waals surface area contributed by atoms with Gasteiger partial charge >= 0.3 is 6.03 Å². The van der Waals surface area contributed by atoms with Crippen molar-refractivity contribution in [3.8, 4) is 6.07 Å². The van der Waals surface area contributed by atoms with Gasteiger partial charge < -0.3 is 5.32 Å². The molecule has 0 spiro atoms. The highest BCUT2D eigenvalue weighted by atomic mass is 16.2. The second-order valence-corrected chi connectivity index (χ2v) is 4.27. The fraction of sp³-hybridized carbons (Fsp3) is 0.0667. The number of rotatable bonds is 3. The molecule has 0 radical (unpaired) electrons. The van der Waals surface area contributed by atoms with E-state index in [1.165, 1.54) is 0 Å². The van der Waals surface area contributed by atoms with Gasteiger partial charge in [-0.2, -0.15) is 5.26 Å². The van der Waals surface area contributed by atoms with E-state index >= 15 is 0 Å². The molecule has 0 saturated heterocycles. The summed E-state index contributed by atoms with van der Waals surface area (Å²) in [6.45, 7) is 1.95. The first kappa shape index (κ1) is 13.4. The van der Waals surface area contributed by atoms with Crippen LogP contribution in [0.3, 0.4) is 0 Å². The predicted molar refractivity (Wildman–Crippen MR) is 78.1 cm³/mol. The molecule has 0 aromatic heterocycles. The second-order valence-electron chi connectivity index (χ2n) is 4.27. The Bertz CT molecular complexity index is 661. The Labute approximate surface area is 117 Å². The molecule has 20 heavy (non-hydrogen) atoms. The van der Waals surface area contributed by atoms with Crippen LogP contribution in [0.4, 0.5) is 16.2 Å². The molecule has 0 heterocycles. The minimum Gasteiger partial charge on any atom is -0.307 e. The van der Waals surface area contributed by atoms with Crippen LogP contribution in [0, 0.1) is 18.3 Å². The van der Waals surface area contributed by atoms with Crippen molar-refractivity contribution < 1.29 is 4.79 Å². The summed E-state index contributed by atoms with van der Waals surface area (Å²) < 4.78 is 0. The Balaban J connectivity index is 1.90. The molecule has 0 bridgehead atoms. The van der Waals surface area contributed by atoms with Crippen LogP contribution >= 0.6 is 0 Å². The van der Waals surface area contributed by atoms with Crippen LogP contribution in [0.25, 0.3) is 0 Å². The third-order valence-electron chi connectivity index (χ3n) is 2.59. The smallest absolute Gasteiger partial charge is 0.307 e. The van der Waals surface area contributed by atoms with E-state index in [0.717, 1.165) is 11.3 Å². The molecule has 3 N–H and O–H groups in total. The van der Waals surface area contributed by atoms with Crippen LogP contribution in [-0.2, 0) is 0 Å². The minimum atomic E-state index is -0.377. The number of carbonyl (C=O) groups excluding carboxylic acids is 1. The Morgan fingerprint density at radius 3 is 2.60 bits per heavy atom. The Kier molecular flexibility index (Phi) is 4.20.